The van der Waals surface area contributed by atoms with Crippen LogP contribution in [0.3, 0.4) is 0 Å². The summed E-state index contributed by atoms with van der Waals surface area (Å²) >= 11 is 0. The molecule has 0 saturated carbocycles. The van der Waals surface area contributed by atoms with Crippen molar-refractivity contribution in [3.05, 3.63) is 35.7 Å². The molecule has 0 fully saturated rings. The van der Waals surface area contributed by atoms with Gasteiger partial charge in [-0.05, 0) is 71.3 Å². The lowest BCUT2D eigenvalue weighted by Crippen LogP contribution is -2.26. The summed E-state index contributed by atoms with van der Waals surface area (Å²) in [7, 11) is 4.14. The van der Waals surface area contributed by atoms with Gasteiger partial charge in [-0.2, -0.15) is 0 Å². The summed E-state index contributed by atoms with van der Waals surface area (Å²) in [5, 5.41) is 6.33. The molecule has 5 nitrogen and oxygen atoms in total. The molecule has 0 spiro atoms. The molecule has 1 aliphatic rings. The smallest absolute Gasteiger partial charge is 0.269 e. The van der Waals surface area contributed by atoms with Crippen LogP contribution in [0.25, 0.3) is 0 Å². The molecule has 1 aromatic rings. The number of allylic oxidation sites excluding steroid dienone is 1. The van der Waals surface area contributed by atoms with Gasteiger partial charge in [-0.3, -0.25) is 9.78 Å². The molecule has 2 rings (SSSR count). The van der Waals surface area contributed by atoms with Gasteiger partial charge in [0.25, 0.3) is 5.91 Å². The second kappa shape index (κ2) is 10.1. The Kier molecular flexibility index (Phi) is 7.75. The second-order valence-electron chi connectivity index (χ2n) is 6.63. The Morgan fingerprint density at radius 3 is 2.92 bits per heavy atom. The summed E-state index contributed by atoms with van der Waals surface area (Å²) < 4.78 is 0. The third-order valence-corrected chi connectivity index (χ3v) is 4.22. The van der Waals surface area contributed by atoms with E-state index in [9.17, 15) is 4.79 Å². The van der Waals surface area contributed by atoms with Crippen LogP contribution in [0.4, 0.5) is 5.69 Å². The molecule has 1 aliphatic carbocycles. The summed E-state index contributed by atoms with van der Waals surface area (Å²) in [6.07, 6.45) is 11.0. The van der Waals surface area contributed by atoms with E-state index in [2.05, 4.69) is 40.7 Å². The molecule has 1 amide bonds. The number of anilines is 1. The van der Waals surface area contributed by atoms with E-state index in [0.29, 0.717) is 12.2 Å². The highest BCUT2D eigenvalue weighted by Crippen LogP contribution is 2.19. The minimum atomic E-state index is -0.0941. The molecule has 0 bridgehead atoms. The molecule has 5 heteroatoms. The Balaban J connectivity index is 1.75. The third kappa shape index (κ3) is 6.71. The fourth-order valence-electron chi connectivity index (χ4n) is 2.85. The van der Waals surface area contributed by atoms with Crippen molar-refractivity contribution in [1.82, 2.24) is 15.2 Å². The maximum atomic E-state index is 12.2. The molecule has 1 aromatic heterocycles. The van der Waals surface area contributed by atoms with Gasteiger partial charge in [0.15, 0.2) is 0 Å². The average Bonchev–Trinajstić information content (AvgIpc) is 2.60. The van der Waals surface area contributed by atoms with E-state index in [1.165, 1.54) is 31.3 Å². The zero-order valence-corrected chi connectivity index (χ0v) is 15.0. The van der Waals surface area contributed by atoms with Crippen molar-refractivity contribution in [2.75, 3.05) is 39.0 Å². The van der Waals surface area contributed by atoms with Crippen molar-refractivity contribution in [2.24, 2.45) is 0 Å². The predicted molar refractivity (Wildman–Crippen MR) is 99.4 cm³/mol. The van der Waals surface area contributed by atoms with Gasteiger partial charge < -0.3 is 15.5 Å². The first kappa shape index (κ1) is 18.5. The van der Waals surface area contributed by atoms with Gasteiger partial charge in [0, 0.05) is 25.0 Å². The van der Waals surface area contributed by atoms with Crippen LogP contribution >= 0.6 is 0 Å². The van der Waals surface area contributed by atoms with Gasteiger partial charge in [0.05, 0.1) is 0 Å². The Morgan fingerprint density at radius 2 is 2.17 bits per heavy atom. The molecule has 0 aliphatic heterocycles. The first-order valence-corrected chi connectivity index (χ1v) is 8.96. The van der Waals surface area contributed by atoms with Crippen LogP contribution in [0.2, 0.25) is 0 Å². The van der Waals surface area contributed by atoms with Gasteiger partial charge in [-0.15, -0.1) is 0 Å². The molecule has 1 heterocycles. The number of nitrogens with one attached hydrogen (secondary N) is 2. The first-order chi connectivity index (χ1) is 11.6. The number of hydrogen-bond donors (Lipinski definition) is 2. The molecule has 0 aromatic carbocycles. The Morgan fingerprint density at radius 1 is 1.29 bits per heavy atom. The fraction of sp³-hybridized carbons (Fsp3) is 0.579. The highest BCUT2D eigenvalue weighted by Gasteiger charge is 2.09. The average molecular weight is 330 g/mol. The SMILES string of the molecule is CN(C)CCCNc1ccnc(C(=O)NCCC2=CCCCC2)c1. The van der Waals surface area contributed by atoms with E-state index in [1.54, 1.807) is 6.20 Å². The third-order valence-electron chi connectivity index (χ3n) is 4.22. The number of aromatic nitrogens is 1. The van der Waals surface area contributed by atoms with Crippen molar-refractivity contribution < 1.29 is 4.79 Å². The Bertz CT molecular complexity index is 554. The number of nitrogens with zero attached hydrogens (tertiary/aromatic N) is 2. The number of amides is 1. The zero-order valence-electron chi connectivity index (χ0n) is 15.0. The standard InChI is InChI=1S/C19H30N4O/c1-23(2)14-6-11-20-17-10-13-21-18(15-17)19(24)22-12-9-16-7-4-3-5-8-16/h7,10,13,15H,3-6,8-9,11-12,14H2,1-2H3,(H,20,21)(H,22,24). The van der Waals surface area contributed by atoms with E-state index in [-0.39, 0.29) is 5.91 Å². The van der Waals surface area contributed by atoms with E-state index in [1.807, 2.05) is 12.1 Å². The molecular formula is C19H30N4O. The highest BCUT2D eigenvalue weighted by molar-refractivity contribution is 5.93. The van der Waals surface area contributed by atoms with Crippen LogP contribution in [0.15, 0.2) is 30.0 Å². The van der Waals surface area contributed by atoms with Gasteiger partial charge in [-0.1, -0.05) is 11.6 Å². The van der Waals surface area contributed by atoms with Crippen molar-refractivity contribution in [3.8, 4) is 0 Å². The summed E-state index contributed by atoms with van der Waals surface area (Å²) in [6, 6.07) is 3.73. The quantitative estimate of drug-likeness (QED) is 0.540. The first-order valence-electron chi connectivity index (χ1n) is 8.96. The topological polar surface area (TPSA) is 57.3 Å². The van der Waals surface area contributed by atoms with Crippen LogP contribution in [-0.4, -0.2) is 49.5 Å². The van der Waals surface area contributed by atoms with Crippen molar-refractivity contribution in [1.29, 1.82) is 0 Å². The number of carbonyl (C=O) groups is 1. The number of pyridine rings is 1. The normalized spacial score (nSPS) is 14.4. The number of carbonyl (C=O) groups excluding carboxylic acids is 1. The van der Waals surface area contributed by atoms with Gasteiger partial charge in [0.2, 0.25) is 0 Å². The maximum Gasteiger partial charge on any atom is 0.269 e. The molecule has 0 saturated heterocycles. The molecule has 0 unspecified atom stereocenters. The van der Waals surface area contributed by atoms with Crippen molar-refractivity contribution >= 4 is 11.6 Å². The molecular weight excluding hydrogens is 300 g/mol. The van der Waals surface area contributed by atoms with E-state index in [4.69, 9.17) is 0 Å². The Labute approximate surface area is 145 Å². The minimum Gasteiger partial charge on any atom is -0.385 e. The van der Waals surface area contributed by atoms with Crippen molar-refractivity contribution in [3.63, 3.8) is 0 Å². The molecule has 2 N–H and O–H groups in total. The number of rotatable bonds is 9. The van der Waals surface area contributed by atoms with Gasteiger partial charge >= 0.3 is 0 Å². The van der Waals surface area contributed by atoms with Gasteiger partial charge in [0.1, 0.15) is 5.69 Å². The minimum absolute atomic E-state index is 0.0941. The van der Waals surface area contributed by atoms with Crippen LogP contribution in [0, 0.1) is 0 Å². The zero-order chi connectivity index (χ0) is 17.2. The molecule has 0 radical (unpaired) electrons. The fourth-order valence-corrected chi connectivity index (χ4v) is 2.85. The molecule has 132 valence electrons. The number of hydrogen-bond acceptors (Lipinski definition) is 4. The van der Waals surface area contributed by atoms with E-state index < -0.39 is 0 Å². The highest BCUT2D eigenvalue weighted by atomic mass is 16.1. The molecule has 0 atom stereocenters. The second-order valence-corrected chi connectivity index (χ2v) is 6.63. The van der Waals surface area contributed by atoms with E-state index >= 15 is 0 Å². The van der Waals surface area contributed by atoms with Crippen LogP contribution in [0.1, 0.15) is 49.0 Å². The summed E-state index contributed by atoms with van der Waals surface area (Å²) in [6.45, 7) is 2.62. The lowest BCUT2D eigenvalue weighted by atomic mass is 9.97. The summed E-state index contributed by atoms with van der Waals surface area (Å²) in [4.78, 5) is 18.6. The molecule has 24 heavy (non-hydrogen) atoms. The van der Waals surface area contributed by atoms with Gasteiger partial charge in [-0.25, -0.2) is 0 Å². The monoisotopic (exact) mass is 330 g/mol. The Hall–Kier alpha value is -1.88. The maximum absolute atomic E-state index is 12.2. The van der Waals surface area contributed by atoms with Crippen molar-refractivity contribution in [2.45, 2.75) is 38.5 Å². The summed E-state index contributed by atoms with van der Waals surface area (Å²) in [5.74, 6) is -0.0941. The summed E-state index contributed by atoms with van der Waals surface area (Å²) in [5.41, 5.74) is 2.90. The van der Waals surface area contributed by atoms with Crippen LogP contribution < -0.4 is 10.6 Å². The largest absolute Gasteiger partial charge is 0.385 e. The van der Waals surface area contributed by atoms with Crippen LogP contribution in [0.5, 0.6) is 0 Å². The lowest BCUT2D eigenvalue weighted by Gasteiger charge is -2.13. The van der Waals surface area contributed by atoms with E-state index in [0.717, 1.165) is 31.6 Å². The van der Waals surface area contributed by atoms with Crippen LogP contribution in [-0.2, 0) is 0 Å². The lowest BCUT2D eigenvalue weighted by molar-refractivity contribution is 0.0949. The predicted octanol–water partition coefficient (Wildman–Crippen LogP) is 3.07.